The summed E-state index contributed by atoms with van der Waals surface area (Å²) in [5.74, 6) is 1.53. The van der Waals surface area contributed by atoms with Gasteiger partial charge >= 0.3 is 0 Å². The van der Waals surface area contributed by atoms with Crippen molar-refractivity contribution in [2.45, 2.75) is 19.8 Å². The zero-order valence-electron chi connectivity index (χ0n) is 14.7. The van der Waals surface area contributed by atoms with Gasteiger partial charge in [-0.3, -0.25) is 0 Å². The van der Waals surface area contributed by atoms with E-state index < -0.39 is 0 Å². The number of fused-ring (bicyclic) bond motifs is 3. The highest BCUT2D eigenvalue weighted by molar-refractivity contribution is 6.30. The molecule has 5 rings (SSSR count). The van der Waals surface area contributed by atoms with E-state index in [0.717, 1.165) is 52.4 Å². The van der Waals surface area contributed by atoms with Crippen molar-refractivity contribution in [3.05, 3.63) is 76.8 Å². The lowest BCUT2D eigenvalue weighted by Crippen LogP contribution is -2.11. The molecule has 0 spiro atoms. The number of benzene rings is 1. The number of pyridine rings is 1. The fourth-order valence-electron chi connectivity index (χ4n) is 3.58. The number of hydrogen-bond acceptors (Lipinski definition) is 4. The second-order valence-corrected chi connectivity index (χ2v) is 7.02. The lowest BCUT2D eigenvalue weighted by atomic mass is 9.93. The van der Waals surface area contributed by atoms with E-state index >= 15 is 0 Å². The summed E-state index contributed by atoms with van der Waals surface area (Å²) in [6.45, 7) is 2.03. The Morgan fingerprint density at radius 1 is 1.00 bits per heavy atom. The van der Waals surface area contributed by atoms with Crippen LogP contribution in [0.15, 0.2) is 54.9 Å². The first-order valence-electron chi connectivity index (χ1n) is 8.83. The molecular formula is C21H16ClN5. The van der Waals surface area contributed by atoms with Gasteiger partial charge in [-0.15, -0.1) is 0 Å². The highest BCUT2D eigenvalue weighted by Crippen LogP contribution is 2.36. The van der Waals surface area contributed by atoms with Crippen LogP contribution < -0.4 is 0 Å². The van der Waals surface area contributed by atoms with Crippen LogP contribution in [0.4, 0.5) is 0 Å². The molecule has 1 aromatic carbocycles. The quantitative estimate of drug-likeness (QED) is 0.520. The zero-order valence-corrected chi connectivity index (χ0v) is 15.5. The first-order chi connectivity index (χ1) is 13.2. The molecule has 27 heavy (non-hydrogen) atoms. The molecule has 0 saturated carbocycles. The van der Waals surface area contributed by atoms with Gasteiger partial charge in [0.25, 0.3) is 0 Å². The van der Waals surface area contributed by atoms with Crippen molar-refractivity contribution >= 4 is 11.6 Å². The maximum absolute atomic E-state index is 6.01. The second kappa shape index (κ2) is 6.28. The lowest BCUT2D eigenvalue weighted by Gasteiger charge is -2.17. The Morgan fingerprint density at radius 2 is 1.85 bits per heavy atom. The van der Waals surface area contributed by atoms with Gasteiger partial charge in [-0.25, -0.2) is 19.6 Å². The first-order valence-corrected chi connectivity index (χ1v) is 9.20. The van der Waals surface area contributed by atoms with Crippen molar-refractivity contribution in [2.75, 3.05) is 0 Å². The fourth-order valence-corrected chi connectivity index (χ4v) is 3.71. The Hall–Kier alpha value is -3.05. The van der Waals surface area contributed by atoms with Gasteiger partial charge in [-0.05, 0) is 61.7 Å². The van der Waals surface area contributed by atoms with Crippen LogP contribution in [-0.4, -0.2) is 24.7 Å². The second-order valence-electron chi connectivity index (χ2n) is 6.58. The molecule has 0 fully saturated rings. The Morgan fingerprint density at radius 3 is 2.63 bits per heavy atom. The van der Waals surface area contributed by atoms with Crippen molar-refractivity contribution in [2.24, 2.45) is 0 Å². The van der Waals surface area contributed by atoms with Gasteiger partial charge in [0.1, 0.15) is 0 Å². The summed E-state index contributed by atoms with van der Waals surface area (Å²) >= 11 is 6.01. The zero-order chi connectivity index (χ0) is 18.4. The lowest BCUT2D eigenvalue weighted by molar-refractivity contribution is 0.754. The third-order valence-corrected chi connectivity index (χ3v) is 5.11. The van der Waals surface area contributed by atoms with Crippen LogP contribution >= 0.6 is 11.6 Å². The molecule has 0 aliphatic heterocycles. The third-order valence-electron chi connectivity index (χ3n) is 4.86. The SMILES string of the molecule is Cc1nn(-c2ccccn2)c2c1-c1nc(-c3ccc(Cl)cc3)ncc1CC2. The van der Waals surface area contributed by atoms with Gasteiger partial charge in [0, 0.05) is 28.5 Å². The molecule has 1 aliphatic rings. The van der Waals surface area contributed by atoms with E-state index in [9.17, 15) is 0 Å². The van der Waals surface area contributed by atoms with Gasteiger partial charge in [-0.1, -0.05) is 17.7 Å². The van der Waals surface area contributed by atoms with Crippen LogP contribution in [0, 0.1) is 6.92 Å². The van der Waals surface area contributed by atoms with E-state index in [1.54, 1.807) is 6.20 Å². The monoisotopic (exact) mass is 373 g/mol. The van der Waals surface area contributed by atoms with Crippen molar-refractivity contribution in [3.8, 4) is 28.5 Å². The van der Waals surface area contributed by atoms with Gasteiger partial charge in [0.15, 0.2) is 11.6 Å². The largest absolute Gasteiger partial charge is 0.237 e. The molecule has 0 amide bonds. The van der Waals surface area contributed by atoms with Crippen LogP contribution in [0.25, 0.3) is 28.5 Å². The standard InChI is InChI=1S/C21H16ClN5/c1-13-19-17(27(26-13)18-4-2-3-11-23-18)10-7-15-12-24-21(25-20(15)19)14-5-8-16(22)9-6-14/h2-6,8-9,11-12H,7,10H2,1H3. The minimum atomic E-state index is 0.697. The van der Waals surface area contributed by atoms with Crippen molar-refractivity contribution < 1.29 is 0 Å². The molecule has 0 saturated heterocycles. The molecule has 6 heteroatoms. The van der Waals surface area contributed by atoms with Crippen molar-refractivity contribution in [1.29, 1.82) is 0 Å². The molecule has 5 nitrogen and oxygen atoms in total. The van der Waals surface area contributed by atoms with E-state index in [4.69, 9.17) is 21.7 Å². The van der Waals surface area contributed by atoms with E-state index in [1.807, 2.05) is 60.3 Å². The minimum absolute atomic E-state index is 0.697. The summed E-state index contributed by atoms with van der Waals surface area (Å²) in [4.78, 5) is 13.9. The highest BCUT2D eigenvalue weighted by atomic mass is 35.5. The van der Waals surface area contributed by atoms with Gasteiger partial charge in [0.2, 0.25) is 0 Å². The summed E-state index contributed by atoms with van der Waals surface area (Å²) in [6, 6.07) is 13.5. The van der Waals surface area contributed by atoms with Crippen LogP contribution in [0.1, 0.15) is 17.0 Å². The summed E-state index contributed by atoms with van der Waals surface area (Å²) in [7, 11) is 0. The van der Waals surface area contributed by atoms with E-state index in [-0.39, 0.29) is 0 Å². The first kappa shape index (κ1) is 16.1. The maximum atomic E-state index is 6.01. The molecular weight excluding hydrogens is 358 g/mol. The smallest absolute Gasteiger partial charge is 0.159 e. The highest BCUT2D eigenvalue weighted by Gasteiger charge is 2.26. The van der Waals surface area contributed by atoms with Crippen molar-refractivity contribution in [1.82, 2.24) is 24.7 Å². The van der Waals surface area contributed by atoms with Crippen LogP contribution in [0.3, 0.4) is 0 Å². The van der Waals surface area contributed by atoms with E-state index in [1.165, 1.54) is 0 Å². The van der Waals surface area contributed by atoms with Crippen LogP contribution in [-0.2, 0) is 12.8 Å². The number of nitrogens with zero attached hydrogens (tertiary/aromatic N) is 5. The Balaban J connectivity index is 1.67. The van der Waals surface area contributed by atoms with E-state index in [0.29, 0.717) is 10.8 Å². The van der Waals surface area contributed by atoms with Gasteiger partial charge in [0.05, 0.1) is 17.1 Å². The third kappa shape index (κ3) is 2.71. The van der Waals surface area contributed by atoms with Crippen molar-refractivity contribution in [3.63, 3.8) is 0 Å². The number of aromatic nitrogens is 5. The Labute approximate surface area is 161 Å². The summed E-state index contributed by atoms with van der Waals surface area (Å²) in [5, 5.41) is 5.45. The Bertz CT molecular complexity index is 1130. The summed E-state index contributed by atoms with van der Waals surface area (Å²) < 4.78 is 1.94. The predicted octanol–water partition coefficient (Wildman–Crippen LogP) is 4.45. The number of aryl methyl sites for hydroxylation is 2. The average Bonchev–Trinajstić information content (AvgIpc) is 3.06. The number of rotatable bonds is 2. The number of halogens is 1. The molecule has 0 unspecified atom stereocenters. The molecule has 0 N–H and O–H groups in total. The molecule has 0 radical (unpaired) electrons. The molecule has 0 bridgehead atoms. The maximum Gasteiger partial charge on any atom is 0.159 e. The topological polar surface area (TPSA) is 56.5 Å². The normalized spacial score (nSPS) is 12.5. The molecule has 3 aromatic heterocycles. The number of hydrogen-bond donors (Lipinski definition) is 0. The van der Waals surface area contributed by atoms with E-state index in [2.05, 4.69) is 9.97 Å². The minimum Gasteiger partial charge on any atom is -0.237 e. The van der Waals surface area contributed by atoms with Gasteiger partial charge in [-0.2, -0.15) is 5.10 Å². The molecule has 132 valence electrons. The predicted molar refractivity (Wildman–Crippen MR) is 105 cm³/mol. The average molecular weight is 374 g/mol. The molecule has 3 heterocycles. The molecule has 0 atom stereocenters. The molecule has 4 aromatic rings. The Kier molecular flexibility index (Phi) is 3.76. The summed E-state index contributed by atoms with van der Waals surface area (Å²) in [6.07, 6.45) is 5.51. The fraction of sp³-hybridized carbons (Fsp3) is 0.143. The van der Waals surface area contributed by atoms with Crippen LogP contribution in [0.2, 0.25) is 5.02 Å². The van der Waals surface area contributed by atoms with Crippen LogP contribution in [0.5, 0.6) is 0 Å². The summed E-state index contributed by atoms with van der Waals surface area (Å²) in [5.41, 5.74) is 6.28. The van der Waals surface area contributed by atoms with Gasteiger partial charge < -0.3 is 0 Å². The molecule has 1 aliphatic carbocycles.